The van der Waals surface area contributed by atoms with Gasteiger partial charge in [-0.05, 0) is 43.2 Å². The second-order valence-electron chi connectivity index (χ2n) is 6.31. The molecule has 0 bridgehead atoms. The minimum Gasteiger partial charge on any atom is -0.312 e. The molecule has 2 aliphatic rings. The average Bonchev–Trinajstić information content (AvgIpc) is 3.03. The Balaban J connectivity index is 1.95. The van der Waals surface area contributed by atoms with Crippen LogP contribution in [0, 0.1) is 13.8 Å². The summed E-state index contributed by atoms with van der Waals surface area (Å²) in [4.78, 5) is 28.3. The van der Waals surface area contributed by atoms with E-state index in [0.717, 1.165) is 22.5 Å². The summed E-state index contributed by atoms with van der Waals surface area (Å²) in [6.07, 6.45) is 0. The number of fused-ring (bicyclic) bond motifs is 2. The van der Waals surface area contributed by atoms with Crippen LogP contribution in [0.25, 0.3) is 0 Å². The number of carbonyl (C=O) groups is 2. The minimum absolute atomic E-state index is 0.0262. The molecule has 5 heteroatoms. The summed E-state index contributed by atoms with van der Waals surface area (Å²) in [5.41, 5.74) is 4.83. The smallest absolute Gasteiger partial charge is 0.268 e. The summed E-state index contributed by atoms with van der Waals surface area (Å²) in [7, 11) is 1.78. The molecule has 122 valence electrons. The standard InChI is InChI=1S/C19H18N2O2S/c1-12-8-9-14(10-13(12)2)21-17(22)11-24-19(21)15-6-4-5-7-16(15)20(3)18(19)23/h4-10H,11H2,1-3H3/t19-/m1/s1. The largest absolute Gasteiger partial charge is 0.312 e. The highest BCUT2D eigenvalue weighted by molar-refractivity contribution is 8.02. The van der Waals surface area contributed by atoms with Gasteiger partial charge >= 0.3 is 0 Å². The fraction of sp³-hybridized carbons (Fsp3) is 0.263. The number of aryl methyl sites for hydroxylation is 2. The molecule has 0 saturated carbocycles. The van der Waals surface area contributed by atoms with Gasteiger partial charge in [0.1, 0.15) is 0 Å². The molecule has 1 atom stereocenters. The number of likely N-dealkylation sites (N-methyl/N-ethyl adjacent to an activating group) is 1. The summed E-state index contributed by atoms with van der Waals surface area (Å²) in [5.74, 6) is 0.223. The fourth-order valence-corrected chi connectivity index (χ4v) is 4.91. The normalized spacial score (nSPS) is 22.6. The van der Waals surface area contributed by atoms with E-state index >= 15 is 0 Å². The summed E-state index contributed by atoms with van der Waals surface area (Å²) in [6.45, 7) is 4.06. The first-order valence-corrected chi connectivity index (χ1v) is 8.87. The van der Waals surface area contributed by atoms with Crippen molar-refractivity contribution in [3.05, 3.63) is 59.2 Å². The fourth-order valence-electron chi connectivity index (χ4n) is 3.52. The highest BCUT2D eigenvalue weighted by Crippen LogP contribution is 2.55. The second kappa shape index (κ2) is 5.11. The van der Waals surface area contributed by atoms with Gasteiger partial charge in [0.05, 0.1) is 11.4 Å². The lowest BCUT2D eigenvalue weighted by Crippen LogP contribution is -2.49. The number of hydrogen-bond acceptors (Lipinski definition) is 3. The van der Waals surface area contributed by atoms with Crippen molar-refractivity contribution in [1.29, 1.82) is 0 Å². The molecule has 1 spiro atoms. The third-order valence-electron chi connectivity index (χ3n) is 4.94. The lowest BCUT2D eigenvalue weighted by atomic mass is 10.0. The molecule has 0 unspecified atom stereocenters. The molecule has 0 N–H and O–H groups in total. The number of rotatable bonds is 1. The molecule has 1 fully saturated rings. The molecule has 4 nitrogen and oxygen atoms in total. The van der Waals surface area contributed by atoms with Crippen molar-refractivity contribution in [3.63, 3.8) is 0 Å². The quantitative estimate of drug-likeness (QED) is 0.802. The van der Waals surface area contributed by atoms with E-state index in [-0.39, 0.29) is 11.8 Å². The second-order valence-corrected chi connectivity index (χ2v) is 7.48. The van der Waals surface area contributed by atoms with Crippen LogP contribution in [0.5, 0.6) is 0 Å². The molecule has 0 radical (unpaired) electrons. The van der Waals surface area contributed by atoms with E-state index in [2.05, 4.69) is 0 Å². The number of para-hydroxylation sites is 1. The van der Waals surface area contributed by atoms with Gasteiger partial charge in [-0.15, -0.1) is 11.8 Å². The van der Waals surface area contributed by atoms with Crippen LogP contribution in [0.4, 0.5) is 11.4 Å². The summed E-state index contributed by atoms with van der Waals surface area (Å²) in [5, 5.41) is 0. The van der Waals surface area contributed by atoms with Gasteiger partial charge < -0.3 is 4.90 Å². The molecule has 0 aliphatic carbocycles. The van der Waals surface area contributed by atoms with Crippen LogP contribution in [-0.4, -0.2) is 24.6 Å². The highest BCUT2D eigenvalue weighted by Gasteiger charge is 2.60. The summed E-state index contributed by atoms with van der Waals surface area (Å²) >= 11 is 1.41. The van der Waals surface area contributed by atoms with Gasteiger partial charge in [-0.25, -0.2) is 0 Å². The third kappa shape index (κ3) is 1.82. The van der Waals surface area contributed by atoms with Gasteiger partial charge in [-0.1, -0.05) is 24.3 Å². The van der Waals surface area contributed by atoms with Gasteiger partial charge in [0.15, 0.2) is 0 Å². The molecule has 4 rings (SSSR count). The Morgan fingerprint density at radius 2 is 1.79 bits per heavy atom. The monoisotopic (exact) mass is 338 g/mol. The topological polar surface area (TPSA) is 40.6 Å². The number of nitrogens with zero attached hydrogens (tertiary/aromatic N) is 2. The van der Waals surface area contributed by atoms with Gasteiger partial charge in [-0.3, -0.25) is 14.5 Å². The van der Waals surface area contributed by atoms with Crippen LogP contribution >= 0.6 is 11.8 Å². The van der Waals surface area contributed by atoms with E-state index in [0.29, 0.717) is 5.75 Å². The zero-order chi connectivity index (χ0) is 17.1. The van der Waals surface area contributed by atoms with Crippen LogP contribution in [0.3, 0.4) is 0 Å². The first kappa shape index (κ1) is 15.3. The van der Waals surface area contributed by atoms with Crippen LogP contribution in [0.2, 0.25) is 0 Å². The minimum atomic E-state index is -0.982. The SMILES string of the molecule is Cc1ccc(N2C(=O)CS[C@]23C(=O)N(C)c2ccccc23)cc1C. The summed E-state index contributed by atoms with van der Waals surface area (Å²) < 4.78 is 0. The maximum absolute atomic E-state index is 13.2. The summed E-state index contributed by atoms with van der Waals surface area (Å²) in [6, 6.07) is 13.7. The Kier molecular flexibility index (Phi) is 3.25. The van der Waals surface area contributed by atoms with E-state index in [1.54, 1.807) is 16.8 Å². The molecule has 0 aromatic heterocycles. The van der Waals surface area contributed by atoms with E-state index in [1.807, 2.05) is 56.3 Å². The molecular formula is C19H18N2O2S. The van der Waals surface area contributed by atoms with Gasteiger partial charge in [0.2, 0.25) is 10.8 Å². The Labute approximate surface area is 145 Å². The van der Waals surface area contributed by atoms with Crippen LogP contribution in [0.1, 0.15) is 16.7 Å². The van der Waals surface area contributed by atoms with E-state index in [4.69, 9.17) is 0 Å². The lowest BCUT2D eigenvalue weighted by molar-refractivity contribution is -0.123. The molecule has 2 heterocycles. The Bertz CT molecular complexity index is 879. The maximum Gasteiger partial charge on any atom is 0.268 e. The number of hydrogen-bond donors (Lipinski definition) is 0. The van der Waals surface area contributed by atoms with Crippen LogP contribution in [0.15, 0.2) is 42.5 Å². The van der Waals surface area contributed by atoms with Gasteiger partial charge in [0, 0.05) is 18.3 Å². The molecule has 24 heavy (non-hydrogen) atoms. The predicted molar refractivity (Wildman–Crippen MR) is 97.4 cm³/mol. The number of benzene rings is 2. The van der Waals surface area contributed by atoms with Gasteiger partial charge in [0.25, 0.3) is 5.91 Å². The number of carbonyl (C=O) groups excluding carboxylic acids is 2. The maximum atomic E-state index is 13.2. The van der Waals surface area contributed by atoms with Crippen LogP contribution in [-0.2, 0) is 14.5 Å². The van der Waals surface area contributed by atoms with Crippen molar-refractivity contribution in [3.8, 4) is 0 Å². The molecule has 2 aromatic rings. The zero-order valence-corrected chi connectivity index (χ0v) is 14.7. The predicted octanol–water partition coefficient (Wildman–Crippen LogP) is 3.21. The first-order valence-electron chi connectivity index (χ1n) is 7.89. The molecule has 2 amide bonds. The van der Waals surface area contributed by atoms with Crippen molar-refractivity contribution < 1.29 is 9.59 Å². The number of amides is 2. The molecular weight excluding hydrogens is 320 g/mol. The van der Waals surface area contributed by atoms with Crippen molar-refractivity contribution >= 4 is 35.0 Å². The Morgan fingerprint density at radius 3 is 2.54 bits per heavy atom. The molecule has 2 aromatic carbocycles. The Morgan fingerprint density at radius 1 is 1.04 bits per heavy atom. The number of anilines is 2. The van der Waals surface area contributed by atoms with E-state index < -0.39 is 4.87 Å². The van der Waals surface area contributed by atoms with Crippen molar-refractivity contribution in [2.45, 2.75) is 18.7 Å². The number of thioether (sulfide) groups is 1. The molecule has 1 saturated heterocycles. The van der Waals surface area contributed by atoms with Crippen molar-refractivity contribution in [2.75, 3.05) is 22.6 Å². The van der Waals surface area contributed by atoms with Crippen LogP contribution < -0.4 is 9.80 Å². The van der Waals surface area contributed by atoms with E-state index in [9.17, 15) is 9.59 Å². The average molecular weight is 338 g/mol. The van der Waals surface area contributed by atoms with E-state index in [1.165, 1.54) is 17.3 Å². The highest BCUT2D eigenvalue weighted by atomic mass is 32.2. The zero-order valence-electron chi connectivity index (χ0n) is 13.9. The lowest BCUT2D eigenvalue weighted by Gasteiger charge is -2.33. The third-order valence-corrected chi connectivity index (χ3v) is 6.33. The first-order chi connectivity index (χ1) is 11.5. The Hall–Kier alpha value is -2.27. The van der Waals surface area contributed by atoms with Gasteiger partial charge in [-0.2, -0.15) is 0 Å². The van der Waals surface area contributed by atoms with Crippen molar-refractivity contribution in [1.82, 2.24) is 0 Å². The molecule has 2 aliphatic heterocycles. The van der Waals surface area contributed by atoms with Crippen molar-refractivity contribution in [2.24, 2.45) is 0 Å².